The van der Waals surface area contributed by atoms with Crippen molar-refractivity contribution in [1.82, 2.24) is 0 Å². The molecule has 0 saturated heterocycles. The summed E-state index contributed by atoms with van der Waals surface area (Å²) in [6.07, 6.45) is 91.5. The third-order valence-electron chi connectivity index (χ3n) is 14.8. The first-order valence-corrected chi connectivity index (χ1v) is 34.2. The monoisotopic (exact) mass is 1110 g/mol. The lowest BCUT2D eigenvalue weighted by molar-refractivity contribution is -0.167. The van der Waals surface area contributed by atoms with Crippen LogP contribution in [0.2, 0.25) is 0 Å². The van der Waals surface area contributed by atoms with Crippen molar-refractivity contribution in [3.8, 4) is 0 Å². The molecule has 0 radical (unpaired) electrons. The van der Waals surface area contributed by atoms with Gasteiger partial charge in [-0.25, -0.2) is 0 Å². The molecule has 0 aliphatic carbocycles. The Labute approximate surface area is 496 Å². The highest BCUT2D eigenvalue weighted by Crippen LogP contribution is 2.17. The smallest absolute Gasteiger partial charge is 0.306 e. The summed E-state index contributed by atoms with van der Waals surface area (Å²) < 4.78 is 16.9. The highest BCUT2D eigenvalue weighted by atomic mass is 16.6. The molecule has 0 bridgehead atoms. The van der Waals surface area contributed by atoms with Gasteiger partial charge in [-0.1, -0.05) is 311 Å². The van der Waals surface area contributed by atoms with Crippen LogP contribution >= 0.6 is 0 Å². The first-order chi connectivity index (χ1) is 39.5. The van der Waals surface area contributed by atoms with E-state index < -0.39 is 6.10 Å². The van der Waals surface area contributed by atoms with Gasteiger partial charge in [0.1, 0.15) is 13.2 Å². The van der Waals surface area contributed by atoms with Gasteiger partial charge in [0.2, 0.25) is 0 Å². The third kappa shape index (κ3) is 65.1. The van der Waals surface area contributed by atoms with E-state index in [2.05, 4.69) is 118 Å². The van der Waals surface area contributed by atoms with E-state index >= 15 is 0 Å². The van der Waals surface area contributed by atoms with Gasteiger partial charge >= 0.3 is 17.9 Å². The highest BCUT2D eigenvalue weighted by molar-refractivity contribution is 5.71. The Bertz CT molecular complexity index is 1560. The number of esters is 3. The second-order valence-electron chi connectivity index (χ2n) is 22.7. The maximum absolute atomic E-state index is 12.9. The van der Waals surface area contributed by atoms with Crippen LogP contribution in [-0.4, -0.2) is 37.2 Å². The zero-order chi connectivity index (χ0) is 57.8. The Morgan fingerprint density at radius 3 is 0.762 bits per heavy atom. The van der Waals surface area contributed by atoms with Crippen molar-refractivity contribution in [2.45, 2.75) is 341 Å². The van der Waals surface area contributed by atoms with E-state index in [1.807, 2.05) is 0 Å². The summed E-state index contributed by atoms with van der Waals surface area (Å²) in [4.78, 5) is 38.3. The van der Waals surface area contributed by atoms with E-state index in [4.69, 9.17) is 14.2 Å². The van der Waals surface area contributed by atoms with E-state index in [0.29, 0.717) is 19.3 Å². The number of allylic oxidation sites excluding steroid dienone is 16. The molecule has 0 N–H and O–H groups in total. The lowest BCUT2D eigenvalue weighted by Crippen LogP contribution is -2.30. The Kier molecular flexibility index (Phi) is 64.7. The first-order valence-electron chi connectivity index (χ1n) is 34.2. The zero-order valence-electron chi connectivity index (χ0n) is 52.8. The Balaban J connectivity index is 4.24. The largest absolute Gasteiger partial charge is 0.462 e. The number of ether oxygens (including phenoxy) is 3. The van der Waals surface area contributed by atoms with E-state index in [0.717, 1.165) is 116 Å². The average Bonchev–Trinajstić information content (AvgIpc) is 3.46. The van der Waals surface area contributed by atoms with Gasteiger partial charge in [0.25, 0.3) is 0 Å². The van der Waals surface area contributed by atoms with E-state index in [1.165, 1.54) is 180 Å². The molecule has 0 aliphatic heterocycles. The molecule has 0 fully saturated rings. The molecule has 0 saturated carbocycles. The van der Waals surface area contributed by atoms with Crippen LogP contribution in [0.25, 0.3) is 0 Å². The van der Waals surface area contributed by atoms with Crippen LogP contribution in [0, 0.1) is 0 Å². The third-order valence-corrected chi connectivity index (χ3v) is 14.8. The quantitative estimate of drug-likeness (QED) is 0.0261. The van der Waals surface area contributed by atoms with Crippen LogP contribution in [0.3, 0.4) is 0 Å². The molecule has 0 spiro atoms. The van der Waals surface area contributed by atoms with Crippen LogP contribution < -0.4 is 0 Å². The van der Waals surface area contributed by atoms with Gasteiger partial charge in [-0.2, -0.15) is 0 Å². The molecule has 6 heteroatoms. The zero-order valence-corrected chi connectivity index (χ0v) is 52.8. The minimum absolute atomic E-state index is 0.0807. The first kappa shape index (κ1) is 76.3. The molecule has 1 atom stereocenters. The van der Waals surface area contributed by atoms with Gasteiger partial charge in [-0.05, 0) is 103 Å². The van der Waals surface area contributed by atoms with Gasteiger partial charge < -0.3 is 14.2 Å². The summed E-state index contributed by atoms with van der Waals surface area (Å²) in [5.41, 5.74) is 0. The van der Waals surface area contributed by atoms with Gasteiger partial charge in [0.05, 0.1) is 0 Å². The number of rotatable bonds is 62. The van der Waals surface area contributed by atoms with Crippen molar-refractivity contribution < 1.29 is 28.6 Å². The van der Waals surface area contributed by atoms with Crippen molar-refractivity contribution in [1.29, 1.82) is 0 Å². The predicted octanol–water partition coefficient (Wildman–Crippen LogP) is 23.6. The number of carbonyl (C=O) groups excluding carboxylic acids is 3. The number of carbonyl (C=O) groups is 3. The van der Waals surface area contributed by atoms with E-state index in [1.54, 1.807) is 0 Å². The van der Waals surface area contributed by atoms with Crippen LogP contribution in [0.4, 0.5) is 0 Å². The predicted molar refractivity (Wildman–Crippen MR) is 348 cm³/mol. The van der Waals surface area contributed by atoms with Gasteiger partial charge in [0, 0.05) is 19.3 Å². The molecule has 0 aromatic carbocycles. The summed E-state index contributed by atoms with van der Waals surface area (Å²) >= 11 is 0. The topological polar surface area (TPSA) is 78.9 Å². The molecule has 460 valence electrons. The summed E-state index contributed by atoms with van der Waals surface area (Å²) in [5, 5.41) is 0. The van der Waals surface area contributed by atoms with Crippen LogP contribution in [0.5, 0.6) is 0 Å². The molecule has 80 heavy (non-hydrogen) atoms. The van der Waals surface area contributed by atoms with Gasteiger partial charge in [-0.3, -0.25) is 14.4 Å². The summed E-state index contributed by atoms with van der Waals surface area (Å²) in [7, 11) is 0. The minimum Gasteiger partial charge on any atom is -0.462 e. The Morgan fingerprint density at radius 2 is 0.487 bits per heavy atom. The molecule has 0 aliphatic rings. The molecule has 0 aromatic heterocycles. The molecule has 0 aromatic rings. The van der Waals surface area contributed by atoms with Crippen molar-refractivity contribution >= 4 is 17.9 Å². The molecular weight excluding hydrogens is 985 g/mol. The molecule has 0 amide bonds. The number of hydrogen-bond acceptors (Lipinski definition) is 6. The molecular formula is C74H128O6. The lowest BCUT2D eigenvalue weighted by Gasteiger charge is -2.18. The van der Waals surface area contributed by atoms with Crippen LogP contribution in [0.15, 0.2) is 97.2 Å². The minimum atomic E-state index is -0.785. The summed E-state index contributed by atoms with van der Waals surface area (Å²) in [6.45, 7) is 6.52. The standard InChI is InChI=1S/C74H128O6/c1-4-7-10-13-16-19-22-24-26-28-30-32-34-36-37-39-40-42-44-46-48-50-52-55-58-61-64-67-73(76)79-70-71(69-78-72(75)66-63-60-57-54-21-18-15-12-9-6-3)80-74(77)68-65-62-59-56-53-51-49-47-45-43-41-38-35-33-31-29-27-25-23-20-17-14-11-8-5-2/h8,11,17,20,22,24-25,27-28,30-31,33,38,41,45,47,71H,4-7,9-10,12-16,18-19,21,23,26,29,32,34-37,39-40,42-44,46,48-70H2,1-3H3/b11-8-,20-17-,24-22-,27-25-,30-28-,33-31-,41-38-,47-45-. The fraction of sp³-hybridized carbons (Fsp3) is 0.743. The van der Waals surface area contributed by atoms with Crippen LogP contribution in [0.1, 0.15) is 335 Å². The molecule has 6 nitrogen and oxygen atoms in total. The van der Waals surface area contributed by atoms with Crippen LogP contribution in [-0.2, 0) is 28.6 Å². The highest BCUT2D eigenvalue weighted by Gasteiger charge is 2.19. The number of unbranched alkanes of at least 4 members (excludes halogenated alkanes) is 35. The normalized spacial score (nSPS) is 12.7. The Hall–Kier alpha value is -3.67. The molecule has 0 rings (SSSR count). The second-order valence-corrected chi connectivity index (χ2v) is 22.7. The maximum atomic E-state index is 12.9. The summed E-state index contributed by atoms with van der Waals surface area (Å²) in [5.74, 6) is -0.884. The van der Waals surface area contributed by atoms with E-state index in [9.17, 15) is 14.4 Å². The van der Waals surface area contributed by atoms with E-state index in [-0.39, 0.29) is 31.1 Å². The van der Waals surface area contributed by atoms with Gasteiger partial charge in [0.15, 0.2) is 6.10 Å². The fourth-order valence-corrected chi connectivity index (χ4v) is 9.71. The van der Waals surface area contributed by atoms with Crippen molar-refractivity contribution in [3.63, 3.8) is 0 Å². The maximum Gasteiger partial charge on any atom is 0.306 e. The second kappa shape index (κ2) is 67.8. The fourth-order valence-electron chi connectivity index (χ4n) is 9.71. The number of hydrogen-bond donors (Lipinski definition) is 0. The molecule has 1 unspecified atom stereocenters. The van der Waals surface area contributed by atoms with Crippen molar-refractivity contribution in [2.75, 3.05) is 13.2 Å². The van der Waals surface area contributed by atoms with Crippen molar-refractivity contribution in [3.05, 3.63) is 97.2 Å². The average molecular weight is 1110 g/mol. The lowest BCUT2D eigenvalue weighted by atomic mass is 10.0. The Morgan fingerprint density at radius 1 is 0.263 bits per heavy atom. The van der Waals surface area contributed by atoms with Crippen molar-refractivity contribution in [2.24, 2.45) is 0 Å². The summed E-state index contributed by atoms with van der Waals surface area (Å²) in [6, 6.07) is 0. The molecule has 0 heterocycles. The SMILES string of the molecule is CC/C=C\C/C=C\C/C=C\C/C=C\C/C=C\C/C=C\CCCCCCCCC(=O)OC(COC(=O)CCCCCCCCCCCC)COC(=O)CCCCCCCCCCCCCCCCC/C=C\C/C=C\CCCCCCC. The van der Waals surface area contributed by atoms with Gasteiger partial charge in [-0.15, -0.1) is 0 Å².